The zero-order valence-corrected chi connectivity index (χ0v) is 10.8. The minimum Gasteiger partial charge on any atom is -0.496 e. The summed E-state index contributed by atoms with van der Waals surface area (Å²) in [6, 6.07) is 6.70. The number of nitrogens with zero attached hydrogens (tertiary/aromatic N) is 2. The van der Waals surface area contributed by atoms with Gasteiger partial charge in [0.05, 0.1) is 12.7 Å². The minimum atomic E-state index is -0.454. The van der Waals surface area contributed by atoms with Gasteiger partial charge < -0.3 is 15.4 Å². The van der Waals surface area contributed by atoms with Crippen molar-refractivity contribution >= 4 is 23.5 Å². The number of ether oxygens (including phenoxy) is 1. The minimum absolute atomic E-state index is 0.0242. The number of nitrogens with one attached hydrogen (secondary N) is 2. The molecule has 0 unspecified atom stereocenters. The highest BCUT2D eigenvalue weighted by atomic mass is 16.6. The molecule has 104 valence electrons. The van der Waals surface area contributed by atoms with E-state index in [0.29, 0.717) is 11.3 Å². The number of methoxy groups -OCH3 is 1. The molecule has 0 saturated carbocycles. The highest BCUT2D eigenvalue weighted by molar-refractivity contribution is 6.07. The van der Waals surface area contributed by atoms with Crippen LogP contribution < -0.4 is 15.4 Å². The second-order valence-electron chi connectivity index (χ2n) is 3.80. The molecule has 0 atom stereocenters. The molecule has 0 fully saturated rings. The number of amides is 2. The molecule has 8 nitrogen and oxygen atoms in total. The number of rotatable bonds is 4. The van der Waals surface area contributed by atoms with Crippen molar-refractivity contribution in [2.75, 3.05) is 17.7 Å². The number of para-hydroxylation sites is 1. The smallest absolute Gasteiger partial charge is 0.260 e. The summed E-state index contributed by atoms with van der Waals surface area (Å²) in [5.74, 6) is -0.322. The Bertz CT molecular complexity index is 638. The standard InChI is InChI=1S/C12H12N4O4/c1-7(17)13-10-11(16-20-15-10)14-12(18)8-5-3-4-6-9(8)19-2/h3-6H,1-2H3,(H,13,15,17)(H,14,16,18). The number of hydrogen-bond acceptors (Lipinski definition) is 6. The molecule has 2 rings (SSSR count). The van der Waals surface area contributed by atoms with Crippen molar-refractivity contribution in [1.29, 1.82) is 0 Å². The first-order valence-corrected chi connectivity index (χ1v) is 5.66. The van der Waals surface area contributed by atoms with E-state index in [-0.39, 0.29) is 17.5 Å². The monoisotopic (exact) mass is 276 g/mol. The first kappa shape index (κ1) is 13.5. The first-order valence-electron chi connectivity index (χ1n) is 5.66. The summed E-state index contributed by atoms with van der Waals surface area (Å²) in [6.45, 7) is 1.31. The van der Waals surface area contributed by atoms with Gasteiger partial charge in [-0.1, -0.05) is 12.1 Å². The second kappa shape index (κ2) is 5.83. The summed E-state index contributed by atoms with van der Waals surface area (Å²) >= 11 is 0. The van der Waals surface area contributed by atoms with Crippen LogP contribution in [0.2, 0.25) is 0 Å². The Hall–Kier alpha value is -2.90. The number of carbonyl (C=O) groups is 2. The van der Waals surface area contributed by atoms with Crippen molar-refractivity contribution < 1.29 is 19.0 Å². The van der Waals surface area contributed by atoms with Gasteiger partial charge in [0.1, 0.15) is 5.75 Å². The lowest BCUT2D eigenvalue weighted by Gasteiger charge is -2.07. The van der Waals surface area contributed by atoms with Crippen molar-refractivity contribution in [3.8, 4) is 5.75 Å². The van der Waals surface area contributed by atoms with Crippen molar-refractivity contribution in [2.24, 2.45) is 0 Å². The molecule has 0 bridgehead atoms. The Morgan fingerprint density at radius 3 is 2.45 bits per heavy atom. The largest absolute Gasteiger partial charge is 0.496 e. The molecule has 2 N–H and O–H groups in total. The van der Waals surface area contributed by atoms with E-state index in [1.807, 2.05) is 0 Å². The summed E-state index contributed by atoms with van der Waals surface area (Å²) in [4.78, 5) is 23.1. The second-order valence-corrected chi connectivity index (χ2v) is 3.80. The van der Waals surface area contributed by atoms with Gasteiger partial charge in [0.15, 0.2) is 0 Å². The Kier molecular flexibility index (Phi) is 3.94. The molecule has 2 aromatic rings. The van der Waals surface area contributed by atoms with E-state index in [9.17, 15) is 9.59 Å². The molecule has 0 aliphatic heterocycles. The molecule has 2 amide bonds. The van der Waals surface area contributed by atoms with E-state index in [1.165, 1.54) is 14.0 Å². The van der Waals surface area contributed by atoms with Gasteiger partial charge in [0, 0.05) is 6.92 Å². The Balaban J connectivity index is 2.20. The van der Waals surface area contributed by atoms with E-state index in [0.717, 1.165) is 0 Å². The number of anilines is 2. The molecule has 8 heteroatoms. The fraction of sp³-hybridized carbons (Fsp3) is 0.167. The zero-order valence-electron chi connectivity index (χ0n) is 10.8. The van der Waals surface area contributed by atoms with Crippen LogP contribution in [0.25, 0.3) is 0 Å². The van der Waals surface area contributed by atoms with Gasteiger partial charge in [0.2, 0.25) is 17.5 Å². The van der Waals surface area contributed by atoms with Gasteiger partial charge in [-0.25, -0.2) is 4.63 Å². The molecule has 1 aromatic heterocycles. The SMILES string of the molecule is COc1ccccc1C(=O)Nc1nonc1NC(C)=O. The summed E-state index contributed by atoms with van der Waals surface area (Å²) in [5, 5.41) is 11.9. The van der Waals surface area contributed by atoms with Crippen LogP contribution in [0.3, 0.4) is 0 Å². The van der Waals surface area contributed by atoms with Gasteiger partial charge in [-0.15, -0.1) is 0 Å². The third-order valence-electron chi connectivity index (χ3n) is 2.37. The first-order chi connectivity index (χ1) is 9.61. The Labute approximate surface area is 114 Å². The van der Waals surface area contributed by atoms with E-state index < -0.39 is 5.91 Å². The van der Waals surface area contributed by atoms with E-state index in [2.05, 4.69) is 25.6 Å². The van der Waals surface area contributed by atoms with Crippen molar-refractivity contribution in [1.82, 2.24) is 10.3 Å². The van der Waals surface area contributed by atoms with Crippen LogP contribution in [0, 0.1) is 0 Å². The quantitative estimate of drug-likeness (QED) is 0.871. The third-order valence-corrected chi connectivity index (χ3v) is 2.37. The van der Waals surface area contributed by atoms with Crippen LogP contribution in [0.1, 0.15) is 17.3 Å². The summed E-state index contributed by atoms with van der Waals surface area (Å²) in [6.07, 6.45) is 0. The molecule has 1 aromatic carbocycles. The van der Waals surface area contributed by atoms with Crippen molar-refractivity contribution in [2.45, 2.75) is 6.92 Å². The fourth-order valence-electron chi connectivity index (χ4n) is 1.53. The molecule has 0 radical (unpaired) electrons. The topological polar surface area (TPSA) is 106 Å². The lowest BCUT2D eigenvalue weighted by molar-refractivity contribution is -0.114. The predicted molar refractivity (Wildman–Crippen MR) is 69.5 cm³/mol. The molecule has 20 heavy (non-hydrogen) atoms. The third kappa shape index (κ3) is 2.91. The summed E-state index contributed by atoms with van der Waals surface area (Å²) < 4.78 is 9.57. The molecule has 0 aliphatic rings. The van der Waals surface area contributed by atoms with Crippen LogP contribution >= 0.6 is 0 Å². The molecule has 0 saturated heterocycles. The Morgan fingerprint density at radius 1 is 1.15 bits per heavy atom. The van der Waals surface area contributed by atoms with E-state index in [4.69, 9.17) is 4.74 Å². The highest BCUT2D eigenvalue weighted by Crippen LogP contribution is 2.21. The average Bonchev–Trinajstić information content (AvgIpc) is 2.85. The number of benzene rings is 1. The van der Waals surface area contributed by atoms with Gasteiger partial charge in [-0.2, -0.15) is 0 Å². The van der Waals surface area contributed by atoms with E-state index in [1.54, 1.807) is 24.3 Å². The molecular weight excluding hydrogens is 264 g/mol. The number of carbonyl (C=O) groups excluding carboxylic acids is 2. The van der Waals surface area contributed by atoms with Crippen LogP contribution in [0.4, 0.5) is 11.6 Å². The lowest BCUT2D eigenvalue weighted by atomic mass is 10.2. The molecule has 0 aliphatic carbocycles. The zero-order chi connectivity index (χ0) is 14.5. The maximum absolute atomic E-state index is 12.1. The summed E-state index contributed by atoms with van der Waals surface area (Å²) in [7, 11) is 1.46. The van der Waals surface area contributed by atoms with Gasteiger partial charge >= 0.3 is 0 Å². The van der Waals surface area contributed by atoms with Gasteiger partial charge in [0.25, 0.3) is 5.91 Å². The van der Waals surface area contributed by atoms with Crippen LogP contribution in [-0.2, 0) is 4.79 Å². The van der Waals surface area contributed by atoms with Crippen molar-refractivity contribution in [3.63, 3.8) is 0 Å². The van der Waals surface area contributed by atoms with E-state index >= 15 is 0 Å². The fourth-order valence-corrected chi connectivity index (χ4v) is 1.53. The Morgan fingerprint density at radius 2 is 1.80 bits per heavy atom. The van der Waals surface area contributed by atoms with Crippen LogP contribution in [-0.4, -0.2) is 29.2 Å². The van der Waals surface area contributed by atoms with Gasteiger partial charge in [-0.05, 0) is 22.4 Å². The maximum atomic E-state index is 12.1. The normalized spacial score (nSPS) is 9.90. The van der Waals surface area contributed by atoms with Crippen molar-refractivity contribution in [3.05, 3.63) is 29.8 Å². The number of hydrogen-bond donors (Lipinski definition) is 2. The molecule has 0 spiro atoms. The van der Waals surface area contributed by atoms with Crippen LogP contribution in [0.5, 0.6) is 5.75 Å². The van der Waals surface area contributed by atoms with Crippen LogP contribution in [0.15, 0.2) is 28.9 Å². The highest BCUT2D eigenvalue weighted by Gasteiger charge is 2.17. The molecular formula is C12H12N4O4. The molecule has 1 heterocycles. The average molecular weight is 276 g/mol. The number of aromatic nitrogens is 2. The summed E-state index contributed by atoms with van der Waals surface area (Å²) in [5.41, 5.74) is 0.326. The lowest BCUT2D eigenvalue weighted by Crippen LogP contribution is -2.16. The van der Waals surface area contributed by atoms with Gasteiger partial charge in [-0.3, -0.25) is 9.59 Å². The maximum Gasteiger partial charge on any atom is 0.260 e. The predicted octanol–water partition coefficient (Wildman–Crippen LogP) is 1.29.